The molecule has 2 aromatic carbocycles. The molecule has 1 amide bonds. The van der Waals surface area contributed by atoms with Gasteiger partial charge in [0.2, 0.25) is 0 Å². The monoisotopic (exact) mass is 327 g/mol. The first-order valence-corrected chi connectivity index (χ1v) is 9.64. The molecule has 3 nitrogen and oxygen atoms in total. The minimum absolute atomic E-state index is 0.0598. The standard InChI is InChI=1S/C19H21NO2S/c1-23(22)13-14-6-4-9-16(12-14)19(21)20-18-11-5-8-15-7-2-3-10-17(15)18/h2-4,6-7,9-10,12,18H,5,8,11,13H2,1H3,(H,20,21). The number of carbonyl (C=O) groups excluding carboxylic acids is 1. The van der Waals surface area contributed by atoms with Crippen molar-refractivity contribution in [3.63, 3.8) is 0 Å². The van der Waals surface area contributed by atoms with Gasteiger partial charge in [0.05, 0.1) is 6.04 Å². The van der Waals surface area contributed by atoms with Crippen LogP contribution in [0.25, 0.3) is 0 Å². The van der Waals surface area contributed by atoms with E-state index in [1.54, 1.807) is 6.26 Å². The maximum atomic E-state index is 12.6. The summed E-state index contributed by atoms with van der Waals surface area (Å²) < 4.78 is 11.4. The molecule has 0 spiro atoms. The van der Waals surface area contributed by atoms with Crippen molar-refractivity contribution in [1.82, 2.24) is 5.32 Å². The number of hydrogen-bond acceptors (Lipinski definition) is 2. The Morgan fingerprint density at radius 1 is 1.22 bits per heavy atom. The highest BCUT2D eigenvalue weighted by atomic mass is 32.2. The first-order chi connectivity index (χ1) is 11.1. The quantitative estimate of drug-likeness (QED) is 0.936. The molecule has 0 aromatic heterocycles. The molecule has 0 aliphatic heterocycles. The fraction of sp³-hybridized carbons (Fsp3) is 0.316. The van der Waals surface area contributed by atoms with Crippen LogP contribution in [0.5, 0.6) is 0 Å². The van der Waals surface area contributed by atoms with Crippen LogP contribution in [-0.4, -0.2) is 16.4 Å². The van der Waals surface area contributed by atoms with Crippen LogP contribution in [0, 0.1) is 0 Å². The lowest BCUT2D eigenvalue weighted by atomic mass is 9.87. The number of aryl methyl sites for hydroxylation is 1. The number of amides is 1. The summed E-state index contributed by atoms with van der Waals surface area (Å²) in [4.78, 5) is 12.6. The third-order valence-electron chi connectivity index (χ3n) is 4.23. The second-order valence-electron chi connectivity index (χ2n) is 6.03. The Morgan fingerprint density at radius 3 is 2.87 bits per heavy atom. The minimum Gasteiger partial charge on any atom is -0.345 e. The van der Waals surface area contributed by atoms with E-state index in [4.69, 9.17) is 0 Å². The zero-order valence-electron chi connectivity index (χ0n) is 13.2. The van der Waals surface area contributed by atoms with E-state index in [1.165, 1.54) is 11.1 Å². The van der Waals surface area contributed by atoms with Crippen molar-refractivity contribution in [1.29, 1.82) is 0 Å². The van der Waals surface area contributed by atoms with E-state index in [0.717, 1.165) is 24.8 Å². The lowest BCUT2D eigenvalue weighted by molar-refractivity contribution is 0.0932. The molecule has 1 N–H and O–H groups in total. The van der Waals surface area contributed by atoms with Gasteiger partial charge in [0.15, 0.2) is 0 Å². The summed E-state index contributed by atoms with van der Waals surface area (Å²) in [7, 11) is -0.906. The van der Waals surface area contributed by atoms with Crippen molar-refractivity contribution in [2.75, 3.05) is 6.26 Å². The molecule has 0 heterocycles. The topological polar surface area (TPSA) is 46.2 Å². The molecular formula is C19H21NO2S. The zero-order chi connectivity index (χ0) is 16.2. The molecule has 120 valence electrons. The normalized spacial score (nSPS) is 18.0. The first-order valence-electron chi connectivity index (χ1n) is 7.91. The van der Waals surface area contributed by atoms with Crippen LogP contribution in [0.2, 0.25) is 0 Å². The molecule has 2 aromatic rings. The number of fused-ring (bicyclic) bond motifs is 1. The lowest BCUT2D eigenvalue weighted by Crippen LogP contribution is -2.31. The molecule has 0 bridgehead atoms. The Balaban J connectivity index is 1.76. The van der Waals surface area contributed by atoms with Gasteiger partial charge in [-0.1, -0.05) is 36.4 Å². The molecule has 0 saturated carbocycles. The van der Waals surface area contributed by atoms with Gasteiger partial charge in [0, 0.05) is 28.4 Å². The highest BCUT2D eigenvalue weighted by molar-refractivity contribution is 7.83. The average molecular weight is 327 g/mol. The Bertz CT molecular complexity index is 742. The van der Waals surface area contributed by atoms with Crippen LogP contribution < -0.4 is 5.32 Å². The average Bonchev–Trinajstić information content (AvgIpc) is 2.55. The van der Waals surface area contributed by atoms with Gasteiger partial charge in [-0.05, 0) is 48.1 Å². The Hall–Kier alpha value is -1.94. The van der Waals surface area contributed by atoms with E-state index < -0.39 is 10.8 Å². The van der Waals surface area contributed by atoms with E-state index >= 15 is 0 Å². The smallest absolute Gasteiger partial charge is 0.251 e. The number of nitrogens with one attached hydrogen (secondary N) is 1. The van der Waals surface area contributed by atoms with Gasteiger partial charge in [-0.2, -0.15) is 0 Å². The van der Waals surface area contributed by atoms with Crippen molar-refractivity contribution in [3.8, 4) is 0 Å². The summed E-state index contributed by atoms with van der Waals surface area (Å²) in [5.41, 5.74) is 4.13. The SMILES string of the molecule is CS(=O)Cc1cccc(C(=O)NC2CCCc3ccccc32)c1. The third-order valence-corrected chi connectivity index (χ3v) is 4.97. The van der Waals surface area contributed by atoms with Gasteiger partial charge in [-0.15, -0.1) is 0 Å². The fourth-order valence-corrected chi connectivity index (χ4v) is 3.83. The molecule has 4 heteroatoms. The van der Waals surface area contributed by atoms with E-state index in [2.05, 4.69) is 23.5 Å². The second-order valence-corrected chi connectivity index (χ2v) is 7.47. The lowest BCUT2D eigenvalue weighted by Gasteiger charge is -2.26. The van der Waals surface area contributed by atoms with Crippen LogP contribution in [0.15, 0.2) is 48.5 Å². The summed E-state index contributed by atoms with van der Waals surface area (Å²) in [6.45, 7) is 0. The number of hydrogen-bond donors (Lipinski definition) is 1. The number of carbonyl (C=O) groups is 1. The highest BCUT2D eigenvalue weighted by Gasteiger charge is 2.21. The molecule has 23 heavy (non-hydrogen) atoms. The van der Waals surface area contributed by atoms with Crippen LogP contribution in [0.1, 0.15) is 45.9 Å². The predicted octanol–water partition coefficient (Wildman–Crippen LogP) is 3.37. The van der Waals surface area contributed by atoms with Gasteiger partial charge in [0.1, 0.15) is 0 Å². The van der Waals surface area contributed by atoms with Crippen LogP contribution >= 0.6 is 0 Å². The third kappa shape index (κ3) is 3.88. The van der Waals surface area contributed by atoms with Crippen LogP contribution in [-0.2, 0) is 23.0 Å². The molecule has 0 radical (unpaired) electrons. The molecule has 2 unspecified atom stereocenters. The summed E-state index contributed by atoms with van der Waals surface area (Å²) in [6, 6.07) is 15.8. The summed E-state index contributed by atoms with van der Waals surface area (Å²) >= 11 is 0. The van der Waals surface area contributed by atoms with Gasteiger partial charge < -0.3 is 5.32 Å². The number of rotatable bonds is 4. The molecule has 2 atom stereocenters. The summed E-state index contributed by atoms with van der Waals surface area (Å²) in [5, 5.41) is 3.16. The Labute approximate surface area is 139 Å². The minimum atomic E-state index is -0.906. The molecule has 1 aliphatic rings. The largest absolute Gasteiger partial charge is 0.345 e. The van der Waals surface area contributed by atoms with Crippen molar-refractivity contribution in [2.45, 2.75) is 31.1 Å². The zero-order valence-corrected chi connectivity index (χ0v) is 14.1. The second kappa shape index (κ2) is 7.09. The van der Waals surface area contributed by atoms with Gasteiger partial charge in [-0.3, -0.25) is 9.00 Å². The molecular weight excluding hydrogens is 306 g/mol. The van der Waals surface area contributed by atoms with E-state index in [1.807, 2.05) is 30.3 Å². The van der Waals surface area contributed by atoms with Crippen molar-refractivity contribution in [2.24, 2.45) is 0 Å². The summed E-state index contributed by atoms with van der Waals surface area (Å²) in [6.07, 6.45) is 4.82. The fourth-order valence-electron chi connectivity index (χ4n) is 3.18. The maximum absolute atomic E-state index is 12.6. The van der Waals surface area contributed by atoms with E-state index in [-0.39, 0.29) is 11.9 Å². The molecule has 3 rings (SSSR count). The summed E-state index contributed by atoms with van der Waals surface area (Å²) in [5.74, 6) is 0.420. The molecule has 0 saturated heterocycles. The predicted molar refractivity (Wildman–Crippen MR) is 93.8 cm³/mol. The van der Waals surface area contributed by atoms with Gasteiger partial charge in [-0.25, -0.2) is 0 Å². The van der Waals surface area contributed by atoms with Gasteiger partial charge in [0.25, 0.3) is 5.91 Å². The van der Waals surface area contributed by atoms with Crippen LogP contribution in [0.4, 0.5) is 0 Å². The van der Waals surface area contributed by atoms with Crippen molar-refractivity contribution in [3.05, 3.63) is 70.8 Å². The van der Waals surface area contributed by atoms with Crippen LogP contribution in [0.3, 0.4) is 0 Å². The highest BCUT2D eigenvalue weighted by Crippen LogP contribution is 2.29. The maximum Gasteiger partial charge on any atom is 0.251 e. The Kier molecular flexibility index (Phi) is 4.91. The first kappa shape index (κ1) is 15.9. The number of benzene rings is 2. The van der Waals surface area contributed by atoms with E-state index in [9.17, 15) is 9.00 Å². The van der Waals surface area contributed by atoms with E-state index in [0.29, 0.717) is 11.3 Å². The molecule has 0 fully saturated rings. The molecule has 1 aliphatic carbocycles. The Morgan fingerprint density at radius 2 is 2.04 bits per heavy atom. The van der Waals surface area contributed by atoms with Gasteiger partial charge >= 0.3 is 0 Å². The van der Waals surface area contributed by atoms with Crippen molar-refractivity contribution < 1.29 is 9.00 Å². The van der Waals surface area contributed by atoms with Crippen molar-refractivity contribution >= 4 is 16.7 Å².